The summed E-state index contributed by atoms with van der Waals surface area (Å²) in [5.41, 5.74) is 0. The molecule has 6 heteroatoms. The molecule has 1 saturated carbocycles. The van der Waals surface area contributed by atoms with Crippen LogP contribution in [0, 0.1) is 0 Å². The molecule has 1 aromatic rings. The highest BCUT2D eigenvalue weighted by Gasteiger charge is 2.34. The summed E-state index contributed by atoms with van der Waals surface area (Å²) in [4.78, 5) is 25.9. The van der Waals surface area contributed by atoms with Gasteiger partial charge in [-0.1, -0.05) is 0 Å². The van der Waals surface area contributed by atoms with Gasteiger partial charge in [0.25, 0.3) is 0 Å². The smallest absolute Gasteiger partial charge is 0.242 e. The molecule has 1 amide bonds. The lowest BCUT2D eigenvalue weighted by Crippen LogP contribution is -2.44. The number of nitrogens with zero attached hydrogens (tertiary/aromatic N) is 4. The van der Waals surface area contributed by atoms with Gasteiger partial charge in [-0.3, -0.25) is 4.79 Å². The van der Waals surface area contributed by atoms with Crippen LogP contribution in [0.25, 0.3) is 0 Å². The molecule has 0 radical (unpaired) electrons. The largest absolute Gasteiger partial charge is 0.356 e. The van der Waals surface area contributed by atoms with Crippen molar-refractivity contribution in [2.75, 3.05) is 29.4 Å². The van der Waals surface area contributed by atoms with Crippen molar-refractivity contribution in [3.05, 3.63) is 12.4 Å². The van der Waals surface area contributed by atoms with Gasteiger partial charge in [-0.2, -0.15) is 0 Å². The highest BCUT2D eigenvalue weighted by atomic mass is 16.2. The van der Waals surface area contributed by atoms with E-state index in [4.69, 9.17) is 0 Å². The molecule has 4 rings (SSSR count). The first-order chi connectivity index (χ1) is 11.3. The first-order valence-corrected chi connectivity index (χ1v) is 8.95. The molecule has 0 aromatic carbocycles. The summed E-state index contributed by atoms with van der Waals surface area (Å²) < 4.78 is 0. The second kappa shape index (κ2) is 6.34. The Kier molecular flexibility index (Phi) is 4.06. The van der Waals surface area contributed by atoms with E-state index in [1.165, 1.54) is 19.3 Å². The number of hydrogen-bond acceptors (Lipinski definition) is 5. The Morgan fingerprint density at radius 3 is 2.57 bits per heavy atom. The van der Waals surface area contributed by atoms with Gasteiger partial charge >= 0.3 is 0 Å². The van der Waals surface area contributed by atoms with Crippen molar-refractivity contribution < 1.29 is 4.79 Å². The Labute approximate surface area is 137 Å². The number of anilines is 2. The van der Waals surface area contributed by atoms with Crippen molar-refractivity contribution in [2.45, 2.75) is 57.0 Å². The summed E-state index contributed by atoms with van der Waals surface area (Å²) >= 11 is 0. The van der Waals surface area contributed by atoms with Crippen LogP contribution in [0.4, 0.5) is 11.6 Å². The third-order valence-electron chi connectivity index (χ3n) is 5.09. The lowest BCUT2D eigenvalue weighted by atomic mass is 10.1. The van der Waals surface area contributed by atoms with Gasteiger partial charge in [0.1, 0.15) is 24.0 Å². The Balaban J connectivity index is 1.50. The number of nitrogens with one attached hydrogen (secondary N) is 1. The number of amides is 1. The van der Waals surface area contributed by atoms with Gasteiger partial charge < -0.3 is 15.1 Å². The number of hydrogen-bond donors (Lipinski definition) is 1. The topological polar surface area (TPSA) is 61.4 Å². The molecule has 2 saturated heterocycles. The minimum Gasteiger partial charge on any atom is -0.356 e. The first-order valence-electron chi connectivity index (χ1n) is 8.95. The molecular weight excluding hydrogens is 290 g/mol. The molecule has 6 nitrogen and oxygen atoms in total. The minimum atomic E-state index is -0.0697. The summed E-state index contributed by atoms with van der Waals surface area (Å²) in [5.74, 6) is 2.07. The van der Waals surface area contributed by atoms with Crippen molar-refractivity contribution in [1.82, 2.24) is 15.3 Å². The lowest BCUT2D eigenvalue weighted by molar-refractivity contribution is -0.122. The maximum absolute atomic E-state index is 12.5. The third-order valence-corrected chi connectivity index (χ3v) is 5.09. The molecular formula is C17H25N5O. The first kappa shape index (κ1) is 14.7. The third kappa shape index (κ3) is 3.26. The van der Waals surface area contributed by atoms with Gasteiger partial charge in [0.2, 0.25) is 5.91 Å². The van der Waals surface area contributed by atoms with Crippen molar-refractivity contribution in [3.63, 3.8) is 0 Å². The summed E-state index contributed by atoms with van der Waals surface area (Å²) in [7, 11) is 0. The molecule has 2 aliphatic heterocycles. The highest BCUT2D eigenvalue weighted by molar-refractivity contribution is 5.86. The average Bonchev–Trinajstić information content (AvgIpc) is 3.27. The molecule has 0 bridgehead atoms. The van der Waals surface area contributed by atoms with Gasteiger partial charge in [0.05, 0.1) is 0 Å². The monoisotopic (exact) mass is 315 g/mol. The zero-order valence-electron chi connectivity index (χ0n) is 13.6. The predicted octanol–water partition coefficient (Wildman–Crippen LogP) is 1.71. The zero-order chi connectivity index (χ0) is 15.6. The fraction of sp³-hybridized carbons (Fsp3) is 0.706. The maximum Gasteiger partial charge on any atom is 0.242 e. The van der Waals surface area contributed by atoms with E-state index in [0.29, 0.717) is 6.04 Å². The molecule has 1 aliphatic carbocycles. The van der Waals surface area contributed by atoms with Crippen molar-refractivity contribution in [1.29, 1.82) is 0 Å². The van der Waals surface area contributed by atoms with Crippen LogP contribution in [0.3, 0.4) is 0 Å². The van der Waals surface area contributed by atoms with Crippen LogP contribution < -0.4 is 15.1 Å². The van der Waals surface area contributed by atoms with E-state index >= 15 is 0 Å². The molecule has 3 aliphatic rings. The van der Waals surface area contributed by atoms with Crippen LogP contribution in [0.5, 0.6) is 0 Å². The van der Waals surface area contributed by atoms with Crippen molar-refractivity contribution in [3.8, 4) is 0 Å². The number of aromatic nitrogens is 2. The molecule has 0 unspecified atom stereocenters. The fourth-order valence-corrected chi connectivity index (χ4v) is 3.63. The summed E-state index contributed by atoms with van der Waals surface area (Å²) in [6.45, 7) is 3.04. The predicted molar refractivity (Wildman–Crippen MR) is 89.6 cm³/mol. The highest BCUT2D eigenvalue weighted by Crippen LogP contribution is 2.28. The Morgan fingerprint density at radius 2 is 1.78 bits per heavy atom. The van der Waals surface area contributed by atoms with Gasteiger partial charge in [-0.15, -0.1) is 0 Å². The molecule has 1 atom stereocenters. The Hall–Kier alpha value is -1.85. The van der Waals surface area contributed by atoms with Crippen LogP contribution in [-0.4, -0.2) is 47.6 Å². The van der Waals surface area contributed by atoms with Crippen molar-refractivity contribution >= 4 is 17.5 Å². The van der Waals surface area contributed by atoms with E-state index in [9.17, 15) is 4.79 Å². The van der Waals surface area contributed by atoms with E-state index in [-0.39, 0.29) is 11.9 Å². The maximum atomic E-state index is 12.5. The molecule has 3 fully saturated rings. The molecule has 0 spiro atoms. The van der Waals surface area contributed by atoms with Crippen LogP contribution in [0.15, 0.2) is 12.4 Å². The van der Waals surface area contributed by atoms with Crippen LogP contribution in [-0.2, 0) is 4.79 Å². The second-order valence-electron chi connectivity index (χ2n) is 6.92. The van der Waals surface area contributed by atoms with Crippen LogP contribution in [0.2, 0.25) is 0 Å². The standard InChI is InChI=1S/C17H25N5O/c23-17(20-13-6-7-13)14-5-4-10-22(14)16-11-15(18-12-19-16)21-8-2-1-3-9-21/h11-14H,1-10H2,(H,20,23)/t14-/m1/s1. The normalized spacial score (nSPS) is 24.8. The van der Waals surface area contributed by atoms with E-state index in [1.807, 2.05) is 0 Å². The molecule has 3 heterocycles. The van der Waals surface area contributed by atoms with Gasteiger partial charge in [-0.05, 0) is 44.9 Å². The van der Waals surface area contributed by atoms with Gasteiger partial charge in [0.15, 0.2) is 0 Å². The van der Waals surface area contributed by atoms with Crippen molar-refractivity contribution in [2.24, 2.45) is 0 Å². The lowest BCUT2D eigenvalue weighted by Gasteiger charge is -2.29. The summed E-state index contributed by atoms with van der Waals surface area (Å²) in [5, 5.41) is 3.14. The Morgan fingerprint density at radius 1 is 1.00 bits per heavy atom. The molecule has 1 aromatic heterocycles. The number of piperidine rings is 1. The van der Waals surface area contributed by atoms with Crippen LogP contribution >= 0.6 is 0 Å². The van der Waals surface area contributed by atoms with Gasteiger partial charge in [0, 0.05) is 31.7 Å². The van der Waals surface area contributed by atoms with E-state index in [2.05, 4.69) is 31.2 Å². The quantitative estimate of drug-likeness (QED) is 0.916. The molecule has 1 N–H and O–H groups in total. The second-order valence-corrected chi connectivity index (χ2v) is 6.92. The molecule has 23 heavy (non-hydrogen) atoms. The van der Waals surface area contributed by atoms with Gasteiger partial charge in [-0.25, -0.2) is 9.97 Å². The summed E-state index contributed by atoms with van der Waals surface area (Å²) in [6.07, 6.45) is 9.64. The summed E-state index contributed by atoms with van der Waals surface area (Å²) in [6, 6.07) is 2.41. The average molecular weight is 315 g/mol. The number of carbonyl (C=O) groups excluding carboxylic acids is 1. The van der Waals surface area contributed by atoms with Crippen LogP contribution in [0.1, 0.15) is 44.9 Å². The van der Waals surface area contributed by atoms with E-state index in [0.717, 1.165) is 57.0 Å². The number of rotatable bonds is 4. The van der Waals surface area contributed by atoms with E-state index < -0.39 is 0 Å². The fourth-order valence-electron chi connectivity index (χ4n) is 3.63. The van der Waals surface area contributed by atoms with E-state index in [1.54, 1.807) is 6.33 Å². The Bertz CT molecular complexity index is 568. The number of carbonyl (C=O) groups is 1. The SMILES string of the molecule is O=C(NC1CC1)[C@H]1CCCN1c1cc(N2CCCCC2)ncn1. The minimum absolute atomic E-state index is 0.0697. The zero-order valence-corrected chi connectivity index (χ0v) is 13.6. The molecule has 124 valence electrons.